The molecule has 1 aliphatic rings. The molecule has 0 aromatic rings. The van der Waals surface area contributed by atoms with Gasteiger partial charge in [-0.2, -0.15) is 0 Å². The van der Waals surface area contributed by atoms with Gasteiger partial charge < -0.3 is 10.2 Å². The van der Waals surface area contributed by atoms with Gasteiger partial charge in [0.25, 0.3) is 0 Å². The topological polar surface area (TPSA) is 40.5 Å². The van der Waals surface area contributed by atoms with Crippen LogP contribution in [0.2, 0.25) is 0 Å². The summed E-state index contributed by atoms with van der Waals surface area (Å²) in [5.74, 6) is 0. The summed E-state index contributed by atoms with van der Waals surface area (Å²) in [6.45, 7) is 0.284. The lowest BCUT2D eigenvalue weighted by Crippen LogP contribution is -2.12. The van der Waals surface area contributed by atoms with Crippen LogP contribution in [0.15, 0.2) is 11.6 Å². The molecule has 0 aromatic heterocycles. The van der Waals surface area contributed by atoms with Crippen LogP contribution in [0, 0.1) is 0 Å². The molecule has 1 rings (SSSR count). The van der Waals surface area contributed by atoms with Crippen molar-refractivity contribution in [1.82, 2.24) is 0 Å². The van der Waals surface area contributed by atoms with E-state index in [1.807, 2.05) is 0 Å². The molecule has 2 N–H and O–H groups in total. The van der Waals surface area contributed by atoms with E-state index in [4.69, 9.17) is 5.11 Å². The molecule has 0 saturated heterocycles. The lowest BCUT2D eigenvalue weighted by molar-refractivity contribution is 0.143. The third kappa shape index (κ3) is 3.37. The summed E-state index contributed by atoms with van der Waals surface area (Å²) in [4.78, 5) is 0. The van der Waals surface area contributed by atoms with E-state index in [0.717, 1.165) is 38.5 Å². The van der Waals surface area contributed by atoms with E-state index in [1.54, 1.807) is 0 Å². The van der Waals surface area contributed by atoms with Crippen molar-refractivity contribution in [2.75, 3.05) is 6.61 Å². The van der Waals surface area contributed by atoms with Crippen molar-refractivity contribution in [2.24, 2.45) is 0 Å². The number of unbranched alkanes of at least 4 members (excludes halogenated alkanes) is 1. The molecule has 70 valence electrons. The standard InChI is InChI=1S/C10H18O2/c11-8-2-1-3-9-4-6-10(12)7-5-9/h3,10-12H,1-2,4-8H2. The molecule has 2 heteroatoms. The van der Waals surface area contributed by atoms with E-state index in [2.05, 4.69) is 6.08 Å². The van der Waals surface area contributed by atoms with E-state index in [0.29, 0.717) is 0 Å². The maximum atomic E-state index is 9.23. The maximum absolute atomic E-state index is 9.23. The first-order chi connectivity index (χ1) is 5.83. The molecule has 0 aromatic carbocycles. The number of hydrogen-bond donors (Lipinski definition) is 2. The second-order valence-electron chi connectivity index (χ2n) is 3.46. The van der Waals surface area contributed by atoms with Crippen LogP contribution in [-0.2, 0) is 0 Å². The lowest BCUT2D eigenvalue weighted by Gasteiger charge is -2.19. The summed E-state index contributed by atoms with van der Waals surface area (Å²) in [7, 11) is 0. The molecule has 0 aliphatic heterocycles. The van der Waals surface area contributed by atoms with Gasteiger partial charge in [-0.15, -0.1) is 0 Å². The van der Waals surface area contributed by atoms with E-state index in [1.165, 1.54) is 5.57 Å². The molecule has 0 unspecified atom stereocenters. The largest absolute Gasteiger partial charge is 0.396 e. The number of aliphatic hydroxyl groups excluding tert-OH is 2. The first kappa shape index (κ1) is 9.75. The Kier molecular flexibility index (Phi) is 4.33. The van der Waals surface area contributed by atoms with Gasteiger partial charge in [0.15, 0.2) is 0 Å². The second kappa shape index (κ2) is 5.33. The predicted octanol–water partition coefficient (Wildman–Crippen LogP) is 1.62. The van der Waals surface area contributed by atoms with E-state index < -0.39 is 0 Å². The Balaban J connectivity index is 2.19. The van der Waals surface area contributed by atoms with Gasteiger partial charge in [0.05, 0.1) is 6.10 Å². The third-order valence-corrected chi connectivity index (χ3v) is 2.39. The van der Waals surface area contributed by atoms with Crippen molar-refractivity contribution in [3.05, 3.63) is 11.6 Å². The van der Waals surface area contributed by atoms with Crippen molar-refractivity contribution in [3.63, 3.8) is 0 Å². The second-order valence-corrected chi connectivity index (χ2v) is 3.46. The van der Waals surface area contributed by atoms with Gasteiger partial charge in [-0.05, 0) is 38.5 Å². The lowest BCUT2D eigenvalue weighted by atomic mass is 9.92. The van der Waals surface area contributed by atoms with Crippen LogP contribution >= 0.6 is 0 Å². The van der Waals surface area contributed by atoms with E-state index in [-0.39, 0.29) is 12.7 Å². The number of aliphatic hydroxyl groups is 2. The van der Waals surface area contributed by atoms with Crippen LogP contribution < -0.4 is 0 Å². The van der Waals surface area contributed by atoms with Crippen LogP contribution in [0.3, 0.4) is 0 Å². The fraction of sp³-hybridized carbons (Fsp3) is 0.800. The van der Waals surface area contributed by atoms with E-state index in [9.17, 15) is 5.11 Å². The Bertz CT molecular complexity index is 142. The zero-order chi connectivity index (χ0) is 8.81. The fourth-order valence-electron chi connectivity index (χ4n) is 1.57. The predicted molar refractivity (Wildman–Crippen MR) is 48.9 cm³/mol. The highest BCUT2D eigenvalue weighted by molar-refractivity contribution is 5.05. The average molecular weight is 170 g/mol. The molecule has 12 heavy (non-hydrogen) atoms. The summed E-state index contributed by atoms with van der Waals surface area (Å²) in [5.41, 5.74) is 1.47. The smallest absolute Gasteiger partial charge is 0.0546 e. The Hall–Kier alpha value is -0.340. The summed E-state index contributed by atoms with van der Waals surface area (Å²) in [5, 5.41) is 17.8. The monoisotopic (exact) mass is 170 g/mol. The first-order valence-electron chi connectivity index (χ1n) is 4.79. The summed E-state index contributed by atoms with van der Waals surface area (Å²) < 4.78 is 0. The van der Waals surface area contributed by atoms with Gasteiger partial charge in [0, 0.05) is 6.61 Å². The molecule has 1 saturated carbocycles. The first-order valence-corrected chi connectivity index (χ1v) is 4.79. The van der Waals surface area contributed by atoms with E-state index >= 15 is 0 Å². The van der Waals surface area contributed by atoms with Crippen LogP contribution in [-0.4, -0.2) is 22.9 Å². The summed E-state index contributed by atoms with van der Waals surface area (Å²) >= 11 is 0. The van der Waals surface area contributed by atoms with Crippen LogP contribution in [0.1, 0.15) is 38.5 Å². The van der Waals surface area contributed by atoms with Gasteiger partial charge in [0.2, 0.25) is 0 Å². The van der Waals surface area contributed by atoms with Crippen molar-refractivity contribution in [3.8, 4) is 0 Å². The molecule has 0 amide bonds. The Morgan fingerprint density at radius 2 is 2.00 bits per heavy atom. The average Bonchev–Trinajstić information content (AvgIpc) is 2.09. The van der Waals surface area contributed by atoms with Crippen molar-refractivity contribution in [1.29, 1.82) is 0 Å². The molecule has 0 radical (unpaired) electrons. The SMILES string of the molecule is OCCCC=C1CCC(O)CC1. The number of hydrogen-bond acceptors (Lipinski definition) is 2. The van der Waals surface area contributed by atoms with Gasteiger partial charge in [-0.25, -0.2) is 0 Å². The van der Waals surface area contributed by atoms with Crippen molar-refractivity contribution < 1.29 is 10.2 Å². The van der Waals surface area contributed by atoms with Gasteiger partial charge in [-0.3, -0.25) is 0 Å². The minimum absolute atomic E-state index is 0.0695. The molecule has 1 aliphatic carbocycles. The minimum Gasteiger partial charge on any atom is -0.396 e. The normalized spacial score (nSPS) is 24.2. The Morgan fingerprint density at radius 3 is 2.58 bits per heavy atom. The highest BCUT2D eigenvalue weighted by Gasteiger charge is 2.12. The van der Waals surface area contributed by atoms with Crippen LogP contribution in [0.4, 0.5) is 0 Å². The van der Waals surface area contributed by atoms with Gasteiger partial charge in [0.1, 0.15) is 0 Å². The maximum Gasteiger partial charge on any atom is 0.0546 e. The van der Waals surface area contributed by atoms with Crippen LogP contribution in [0.25, 0.3) is 0 Å². The quantitative estimate of drug-likeness (QED) is 0.499. The molecule has 0 atom stereocenters. The highest BCUT2D eigenvalue weighted by Crippen LogP contribution is 2.23. The van der Waals surface area contributed by atoms with Crippen molar-refractivity contribution in [2.45, 2.75) is 44.6 Å². The zero-order valence-corrected chi connectivity index (χ0v) is 7.50. The molecule has 0 bridgehead atoms. The number of rotatable bonds is 3. The molecular formula is C10H18O2. The summed E-state index contributed by atoms with van der Waals surface area (Å²) in [6.07, 6.45) is 7.95. The molecule has 0 spiro atoms. The third-order valence-electron chi connectivity index (χ3n) is 2.39. The molecular weight excluding hydrogens is 152 g/mol. The highest BCUT2D eigenvalue weighted by atomic mass is 16.3. The Morgan fingerprint density at radius 1 is 1.33 bits per heavy atom. The molecule has 2 nitrogen and oxygen atoms in total. The molecule has 1 fully saturated rings. The number of allylic oxidation sites excluding steroid dienone is 2. The van der Waals surface area contributed by atoms with Gasteiger partial charge in [-0.1, -0.05) is 11.6 Å². The minimum atomic E-state index is -0.0695. The van der Waals surface area contributed by atoms with Crippen LogP contribution in [0.5, 0.6) is 0 Å². The zero-order valence-electron chi connectivity index (χ0n) is 7.50. The molecule has 0 heterocycles. The fourth-order valence-corrected chi connectivity index (χ4v) is 1.57. The summed E-state index contributed by atoms with van der Waals surface area (Å²) in [6, 6.07) is 0. The Labute approximate surface area is 73.9 Å². The van der Waals surface area contributed by atoms with Crippen molar-refractivity contribution >= 4 is 0 Å². The van der Waals surface area contributed by atoms with Gasteiger partial charge >= 0.3 is 0 Å².